The minimum atomic E-state index is -0.233. The molecule has 0 radical (unpaired) electrons. The zero-order chi connectivity index (χ0) is 18.9. The van der Waals surface area contributed by atoms with Crippen molar-refractivity contribution in [2.45, 2.75) is 45.6 Å². The van der Waals surface area contributed by atoms with Gasteiger partial charge in [-0.2, -0.15) is 0 Å². The van der Waals surface area contributed by atoms with Gasteiger partial charge in [0.15, 0.2) is 5.96 Å². The highest BCUT2D eigenvalue weighted by Crippen LogP contribution is 2.21. The molecule has 26 heavy (non-hydrogen) atoms. The van der Waals surface area contributed by atoms with Gasteiger partial charge in [0, 0.05) is 19.1 Å². The van der Waals surface area contributed by atoms with Crippen LogP contribution in [0.5, 0.6) is 5.75 Å². The summed E-state index contributed by atoms with van der Waals surface area (Å²) < 4.78 is 5.18. The molecule has 148 valence electrons. The number of hydrogen-bond donors (Lipinski definition) is 3. The molecule has 1 unspecified atom stereocenters. The topological polar surface area (TPSA) is 74.8 Å². The van der Waals surface area contributed by atoms with Crippen molar-refractivity contribution in [1.82, 2.24) is 16.0 Å². The fourth-order valence-electron chi connectivity index (χ4n) is 2.35. The van der Waals surface area contributed by atoms with Crippen molar-refractivity contribution < 1.29 is 9.53 Å². The molecule has 7 heteroatoms. The van der Waals surface area contributed by atoms with Gasteiger partial charge in [-0.25, -0.2) is 0 Å². The number of nitrogens with one attached hydrogen (secondary N) is 3. The summed E-state index contributed by atoms with van der Waals surface area (Å²) >= 11 is 0. The van der Waals surface area contributed by atoms with Crippen LogP contribution in [-0.2, 0) is 4.79 Å². The highest BCUT2D eigenvalue weighted by Gasteiger charge is 2.13. The average molecular weight is 476 g/mol. The van der Waals surface area contributed by atoms with Gasteiger partial charge in [0.05, 0.1) is 13.7 Å². The van der Waals surface area contributed by atoms with E-state index in [1.807, 2.05) is 32.9 Å². The lowest BCUT2D eigenvalue weighted by molar-refractivity contribution is -0.121. The van der Waals surface area contributed by atoms with Crippen LogP contribution in [0.1, 0.15) is 45.6 Å². The number of aliphatic imine (C=N–C) groups is 1. The number of amides is 1. The lowest BCUT2D eigenvalue weighted by Gasteiger charge is -2.21. The third-order valence-corrected chi connectivity index (χ3v) is 3.71. The first kappa shape index (κ1) is 24.5. The fraction of sp³-hybridized carbons (Fsp3) is 0.579. The van der Waals surface area contributed by atoms with Crippen LogP contribution in [0.4, 0.5) is 0 Å². The highest BCUT2D eigenvalue weighted by molar-refractivity contribution is 14.0. The normalized spacial score (nSPS) is 12.6. The highest BCUT2D eigenvalue weighted by atomic mass is 127. The van der Waals surface area contributed by atoms with Crippen molar-refractivity contribution in [2.24, 2.45) is 4.99 Å². The molecule has 6 nitrogen and oxygen atoms in total. The summed E-state index contributed by atoms with van der Waals surface area (Å²) in [4.78, 5) is 16.0. The Morgan fingerprint density at radius 2 is 1.81 bits per heavy atom. The maximum Gasteiger partial charge on any atom is 0.239 e. The van der Waals surface area contributed by atoms with Crippen LogP contribution in [0.25, 0.3) is 0 Å². The van der Waals surface area contributed by atoms with Crippen LogP contribution in [0, 0.1) is 0 Å². The Hall–Kier alpha value is -1.51. The van der Waals surface area contributed by atoms with E-state index in [1.54, 1.807) is 14.2 Å². The van der Waals surface area contributed by atoms with Crippen molar-refractivity contribution in [1.29, 1.82) is 0 Å². The van der Waals surface area contributed by atoms with Gasteiger partial charge in [0.25, 0.3) is 0 Å². The summed E-state index contributed by atoms with van der Waals surface area (Å²) in [6, 6.07) is 8.14. The second-order valence-electron chi connectivity index (χ2n) is 7.11. The molecule has 1 rings (SSSR count). The number of ether oxygens (including phenoxy) is 1. The van der Waals surface area contributed by atoms with Gasteiger partial charge in [-0.15, -0.1) is 24.0 Å². The number of carbonyl (C=O) groups is 1. The summed E-state index contributed by atoms with van der Waals surface area (Å²) in [5.41, 5.74) is 1.04. The van der Waals surface area contributed by atoms with Gasteiger partial charge in [0.1, 0.15) is 5.75 Å². The van der Waals surface area contributed by atoms with Crippen LogP contribution < -0.4 is 20.7 Å². The van der Waals surface area contributed by atoms with E-state index in [2.05, 4.69) is 40.0 Å². The zero-order valence-corrected chi connectivity index (χ0v) is 19.0. The predicted molar refractivity (Wildman–Crippen MR) is 119 cm³/mol. The predicted octanol–water partition coefficient (Wildman–Crippen LogP) is 2.89. The van der Waals surface area contributed by atoms with E-state index in [0.29, 0.717) is 11.9 Å². The third-order valence-electron chi connectivity index (χ3n) is 3.71. The summed E-state index contributed by atoms with van der Waals surface area (Å²) in [7, 11) is 3.37. The van der Waals surface area contributed by atoms with Crippen molar-refractivity contribution in [3.63, 3.8) is 0 Å². The lowest BCUT2D eigenvalue weighted by Crippen LogP contribution is -2.48. The fourth-order valence-corrected chi connectivity index (χ4v) is 2.35. The number of halogens is 1. The van der Waals surface area contributed by atoms with Crippen LogP contribution >= 0.6 is 24.0 Å². The molecule has 1 atom stereocenters. The Balaban J connectivity index is 0.00000625. The molecule has 0 bridgehead atoms. The van der Waals surface area contributed by atoms with Gasteiger partial charge in [-0.3, -0.25) is 9.79 Å². The Labute approximate surface area is 174 Å². The molecule has 0 aliphatic rings. The molecule has 3 N–H and O–H groups in total. The SMILES string of the molecule is CN=C(NCCC(C)c1ccc(OC)cc1)NCC(=O)NC(C)(C)C.I. The standard InChI is InChI=1S/C19H32N4O2.HI/c1-14(15-7-9-16(25-6)10-8-15)11-12-21-18(20-5)22-13-17(24)23-19(2,3)4;/h7-10,14H,11-13H2,1-6H3,(H,23,24)(H2,20,21,22);1H. The van der Waals surface area contributed by atoms with E-state index in [0.717, 1.165) is 18.7 Å². The van der Waals surface area contributed by atoms with Crippen LogP contribution in [0.3, 0.4) is 0 Å². The number of rotatable bonds is 7. The number of guanidine groups is 1. The monoisotopic (exact) mass is 476 g/mol. The Bertz CT molecular complexity index is 568. The molecule has 0 fully saturated rings. The van der Waals surface area contributed by atoms with Crippen molar-refractivity contribution >= 4 is 35.8 Å². The molecule has 1 amide bonds. The first-order chi connectivity index (χ1) is 11.7. The van der Waals surface area contributed by atoms with Crippen molar-refractivity contribution in [3.8, 4) is 5.75 Å². The molecule has 0 aliphatic carbocycles. The van der Waals surface area contributed by atoms with Crippen LogP contribution in [0.2, 0.25) is 0 Å². The van der Waals surface area contributed by atoms with Gasteiger partial charge in [0.2, 0.25) is 5.91 Å². The summed E-state index contributed by atoms with van der Waals surface area (Å²) in [6.45, 7) is 9.03. The minimum Gasteiger partial charge on any atom is -0.497 e. The Morgan fingerprint density at radius 1 is 1.19 bits per heavy atom. The molecule has 1 aromatic rings. The maximum absolute atomic E-state index is 11.8. The van der Waals surface area contributed by atoms with E-state index in [1.165, 1.54) is 5.56 Å². The molecule has 0 saturated heterocycles. The van der Waals surface area contributed by atoms with Crippen LogP contribution in [-0.4, -0.2) is 44.7 Å². The first-order valence-electron chi connectivity index (χ1n) is 8.64. The van der Waals surface area contributed by atoms with Crippen molar-refractivity contribution in [2.75, 3.05) is 27.2 Å². The van der Waals surface area contributed by atoms with Gasteiger partial charge < -0.3 is 20.7 Å². The van der Waals surface area contributed by atoms with Gasteiger partial charge in [-0.1, -0.05) is 19.1 Å². The maximum atomic E-state index is 11.8. The minimum absolute atomic E-state index is 0. The van der Waals surface area contributed by atoms with Gasteiger partial charge >= 0.3 is 0 Å². The molecule has 0 saturated carbocycles. The van der Waals surface area contributed by atoms with E-state index in [4.69, 9.17) is 4.74 Å². The van der Waals surface area contributed by atoms with E-state index in [9.17, 15) is 4.79 Å². The largest absolute Gasteiger partial charge is 0.497 e. The van der Waals surface area contributed by atoms with E-state index >= 15 is 0 Å². The smallest absolute Gasteiger partial charge is 0.239 e. The number of carbonyl (C=O) groups excluding carboxylic acids is 1. The Kier molecular flexibility index (Phi) is 11.3. The molecule has 0 spiro atoms. The second-order valence-corrected chi connectivity index (χ2v) is 7.11. The first-order valence-corrected chi connectivity index (χ1v) is 8.64. The molecule has 0 aliphatic heterocycles. The van der Waals surface area contributed by atoms with Gasteiger partial charge in [-0.05, 0) is 50.8 Å². The van der Waals surface area contributed by atoms with E-state index in [-0.39, 0.29) is 42.0 Å². The second kappa shape index (κ2) is 12.0. The molecule has 1 aromatic carbocycles. The summed E-state index contributed by atoms with van der Waals surface area (Å²) in [5.74, 6) is 1.86. The summed E-state index contributed by atoms with van der Waals surface area (Å²) in [5, 5.41) is 9.18. The number of nitrogens with zero attached hydrogens (tertiary/aromatic N) is 1. The van der Waals surface area contributed by atoms with E-state index < -0.39 is 0 Å². The number of hydrogen-bond acceptors (Lipinski definition) is 3. The molecule has 0 aromatic heterocycles. The molecule has 0 heterocycles. The average Bonchev–Trinajstić information content (AvgIpc) is 2.56. The summed E-state index contributed by atoms with van der Waals surface area (Å²) in [6.07, 6.45) is 0.960. The van der Waals surface area contributed by atoms with Crippen molar-refractivity contribution in [3.05, 3.63) is 29.8 Å². The molecular weight excluding hydrogens is 443 g/mol. The molecular formula is C19H33IN4O2. The number of methoxy groups -OCH3 is 1. The third kappa shape index (κ3) is 9.84. The zero-order valence-electron chi connectivity index (χ0n) is 16.7. The van der Waals surface area contributed by atoms with Crippen LogP contribution in [0.15, 0.2) is 29.3 Å². The lowest BCUT2D eigenvalue weighted by atomic mass is 9.98. The Morgan fingerprint density at radius 3 is 2.31 bits per heavy atom. The number of benzene rings is 1. The quantitative estimate of drug-likeness (QED) is 0.322.